The molecule has 4 aromatic rings. The second-order valence-corrected chi connectivity index (χ2v) is 10.5. The normalized spacial score (nSPS) is 13.4. The van der Waals surface area contributed by atoms with Crippen LogP contribution in [0.5, 0.6) is 0 Å². The zero-order valence-corrected chi connectivity index (χ0v) is 24.4. The first-order valence-electron chi connectivity index (χ1n) is 13.4. The lowest BCUT2D eigenvalue weighted by molar-refractivity contribution is -0.111. The zero-order chi connectivity index (χ0) is 29.6. The molecule has 11 nitrogen and oxygen atoms in total. The highest BCUT2D eigenvalue weighted by Crippen LogP contribution is 2.34. The molecule has 0 saturated heterocycles. The summed E-state index contributed by atoms with van der Waals surface area (Å²) in [6.07, 6.45) is 7.29. The Balaban J connectivity index is 1.50. The third-order valence-corrected chi connectivity index (χ3v) is 6.80. The fraction of sp³-hybridized carbons (Fsp3) is 0.233. The van der Waals surface area contributed by atoms with Crippen LogP contribution in [0.25, 0.3) is 0 Å². The van der Waals surface area contributed by atoms with Crippen LogP contribution in [0.15, 0.2) is 79.1 Å². The number of nitrogens with one attached hydrogen (secondary N) is 2. The molecule has 1 aliphatic heterocycles. The van der Waals surface area contributed by atoms with Crippen molar-refractivity contribution >= 4 is 52.4 Å². The van der Waals surface area contributed by atoms with Crippen molar-refractivity contribution in [2.45, 2.75) is 13.0 Å². The van der Waals surface area contributed by atoms with E-state index in [0.717, 1.165) is 11.1 Å². The smallest absolute Gasteiger partial charge is 0.322 e. The predicted octanol–water partition coefficient (Wildman–Crippen LogP) is 4.98. The molecule has 5 rings (SSSR count). The van der Waals surface area contributed by atoms with Gasteiger partial charge in [-0.05, 0) is 44.3 Å². The summed E-state index contributed by atoms with van der Waals surface area (Å²) in [7, 11) is 5.62. The van der Waals surface area contributed by atoms with Crippen molar-refractivity contribution in [3.63, 3.8) is 0 Å². The number of aromatic nitrogens is 4. The van der Waals surface area contributed by atoms with E-state index in [1.54, 1.807) is 58.2 Å². The molecule has 0 atom stereocenters. The monoisotopic (exact) mass is 585 g/mol. The molecule has 42 heavy (non-hydrogen) atoms. The van der Waals surface area contributed by atoms with E-state index in [1.807, 2.05) is 55.4 Å². The second kappa shape index (κ2) is 12.8. The van der Waals surface area contributed by atoms with E-state index in [-0.39, 0.29) is 23.0 Å². The molecule has 216 valence electrons. The summed E-state index contributed by atoms with van der Waals surface area (Å²) in [6.45, 7) is 1.56. The Morgan fingerprint density at radius 2 is 1.95 bits per heavy atom. The molecule has 0 bridgehead atoms. The Hall–Kier alpha value is -4.74. The van der Waals surface area contributed by atoms with Gasteiger partial charge in [0.1, 0.15) is 5.82 Å². The standard InChI is InChI=1S/C30H32ClN9O2/c1-37(2)15-8-13-26(41)33-23-11-7-12-24(17-23)40-28-22(14-16-39(30(40)42)19-21-9-5-4-6-10-21)18-32-29(35-28)34-25-20-38(3)36-27(25)31/h4-13,17-18,20H,14-16,19H2,1-3H3,(H,33,41)(H,32,34,35)/b13-8+. The van der Waals surface area contributed by atoms with E-state index in [9.17, 15) is 9.59 Å². The maximum absolute atomic E-state index is 14.2. The molecule has 2 N–H and O–H groups in total. The molecule has 0 fully saturated rings. The van der Waals surface area contributed by atoms with Crippen LogP contribution in [0.4, 0.5) is 33.6 Å². The van der Waals surface area contributed by atoms with Crippen molar-refractivity contribution in [3.8, 4) is 0 Å². The molecule has 3 amide bonds. The van der Waals surface area contributed by atoms with E-state index >= 15 is 0 Å². The number of urea groups is 1. The van der Waals surface area contributed by atoms with Crippen LogP contribution in [-0.2, 0) is 24.8 Å². The molecule has 0 unspecified atom stereocenters. The van der Waals surface area contributed by atoms with Gasteiger partial charge < -0.3 is 20.4 Å². The minimum atomic E-state index is -0.260. The zero-order valence-electron chi connectivity index (χ0n) is 23.7. The number of rotatable bonds is 9. The first-order chi connectivity index (χ1) is 20.3. The number of likely N-dealkylation sites (N-methyl/N-ethyl adjacent to an activating group) is 1. The Morgan fingerprint density at radius 1 is 1.14 bits per heavy atom. The molecule has 0 radical (unpaired) electrons. The van der Waals surface area contributed by atoms with Gasteiger partial charge in [-0.2, -0.15) is 10.1 Å². The van der Waals surface area contributed by atoms with Crippen molar-refractivity contribution in [2.75, 3.05) is 42.7 Å². The lowest BCUT2D eigenvalue weighted by Crippen LogP contribution is -2.40. The van der Waals surface area contributed by atoms with Crippen molar-refractivity contribution in [1.29, 1.82) is 0 Å². The van der Waals surface area contributed by atoms with Crippen molar-refractivity contribution in [2.24, 2.45) is 7.05 Å². The average molecular weight is 586 g/mol. The van der Waals surface area contributed by atoms with Gasteiger partial charge >= 0.3 is 6.03 Å². The van der Waals surface area contributed by atoms with Gasteiger partial charge in [-0.1, -0.05) is 54.1 Å². The van der Waals surface area contributed by atoms with Crippen molar-refractivity contribution in [1.82, 2.24) is 29.5 Å². The quantitative estimate of drug-likeness (QED) is 0.266. The number of amides is 3. The molecule has 2 aromatic carbocycles. The lowest BCUT2D eigenvalue weighted by atomic mass is 10.2. The van der Waals surface area contributed by atoms with Gasteiger partial charge in [0.25, 0.3) is 0 Å². The molecule has 2 aromatic heterocycles. The van der Waals surface area contributed by atoms with Gasteiger partial charge in [0, 0.05) is 56.4 Å². The van der Waals surface area contributed by atoms with Gasteiger partial charge in [-0.25, -0.2) is 14.7 Å². The summed E-state index contributed by atoms with van der Waals surface area (Å²) < 4.78 is 1.58. The largest absolute Gasteiger partial charge is 0.330 e. The van der Waals surface area contributed by atoms with Gasteiger partial charge in [0.2, 0.25) is 11.9 Å². The molecule has 0 saturated carbocycles. The highest BCUT2D eigenvalue weighted by atomic mass is 35.5. The minimum absolute atomic E-state index is 0.240. The number of halogens is 1. The number of nitrogens with zero attached hydrogens (tertiary/aromatic N) is 7. The SMILES string of the molecule is CN(C)C/C=C/C(=O)Nc1cccc(N2C(=O)N(Cc3ccccc3)CCc3cnc(Nc4cn(C)nc4Cl)nc32)c1. The molecule has 0 aliphatic carbocycles. The summed E-state index contributed by atoms with van der Waals surface area (Å²) in [5, 5.41) is 10.4. The number of aryl methyl sites for hydroxylation is 1. The van der Waals surface area contributed by atoms with Gasteiger partial charge in [-0.15, -0.1) is 0 Å². The predicted molar refractivity (Wildman–Crippen MR) is 164 cm³/mol. The Bertz CT molecular complexity index is 1600. The van der Waals surface area contributed by atoms with Crippen LogP contribution < -0.4 is 15.5 Å². The summed E-state index contributed by atoms with van der Waals surface area (Å²) in [5.41, 5.74) is 3.48. The summed E-state index contributed by atoms with van der Waals surface area (Å²) in [6, 6.07) is 16.8. The van der Waals surface area contributed by atoms with Crippen LogP contribution in [0.3, 0.4) is 0 Å². The van der Waals surface area contributed by atoms with Crippen molar-refractivity contribution < 1.29 is 9.59 Å². The van der Waals surface area contributed by atoms with E-state index < -0.39 is 0 Å². The summed E-state index contributed by atoms with van der Waals surface area (Å²) in [4.78, 5) is 41.4. The summed E-state index contributed by atoms with van der Waals surface area (Å²) >= 11 is 6.25. The highest BCUT2D eigenvalue weighted by Gasteiger charge is 2.31. The number of hydrogen-bond acceptors (Lipinski definition) is 7. The van der Waals surface area contributed by atoms with E-state index in [1.165, 1.54) is 6.08 Å². The topological polar surface area (TPSA) is 112 Å². The number of carbonyl (C=O) groups excluding carboxylic acids is 2. The number of fused-ring (bicyclic) bond motifs is 1. The minimum Gasteiger partial charge on any atom is -0.322 e. The van der Waals surface area contributed by atoms with E-state index in [4.69, 9.17) is 16.6 Å². The Labute approximate surface area is 249 Å². The van der Waals surface area contributed by atoms with Crippen LogP contribution in [0.2, 0.25) is 5.15 Å². The number of anilines is 5. The Morgan fingerprint density at radius 3 is 2.69 bits per heavy atom. The van der Waals surface area contributed by atoms with Crippen LogP contribution >= 0.6 is 11.6 Å². The van der Waals surface area contributed by atoms with Gasteiger partial charge in [0.15, 0.2) is 5.15 Å². The molecule has 0 spiro atoms. The number of benzene rings is 2. The third kappa shape index (κ3) is 6.93. The average Bonchev–Trinajstić information content (AvgIpc) is 3.20. The molecule has 3 heterocycles. The second-order valence-electron chi connectivity index (χ2n) is 10.2. The summed E-state index contributed by atoms with van der Waals surface area (Å²) in [5.74, 6) is 0.459. The highest BCUT2D eigenvalue weighted by molar-refractivity contribution is 6.32. The molecular weight excluding hydrogens is 554 g/mol. The first-order valence-corrected chi connectivity index (χ1v) is 13.8. The van der Waals surface area contributed by atoms with Crippen molar-refractivity contribution in [3.05, 3.63) is 95.4 Å². The number of carbonyl (C=O) groups is 2. The fourth-order valence-corrected chi connectivity index (χ4v) is 4.75. The van der Waals surface area contributed by atoms with Gasteiger partial charge in [0.05, 0.1) is 11.4 Å². The van der Waals surface area contributed by atoms with Crippen LogP contribution in [-0.4, -0.2) is 68.7 Å². The van der Waals surface area contributed by atoms with Crippen LogP contribution in [0.1, 0.15) is 11.1 Å². The van der Waals surface area contributed by atoms with Crippen LogP contribution in [0, 0.1) is 0 Å². The lowest BCUT2D eigenvalue weighted by Gasteiger charge is -2.28. The number of hydrogen-bond donors (Lipinski definition) is 2. The van der Waals surface area contributed by atoms with E-state index in [0.29, 0.717) is 48.9 Å². The molecule has 12 heteroatoms. The third-order valence-electron chi connectivity index (χ3n) is 6.52. The first kappa shape index (κ1) is 28.8. The Kier molecular flexibility index (Phi) is 8.80. The van der Waals surface area contributed by atoms with E-state index in [2.05, 4.69) is 20.7 Å². The molecular formula is C30H32ClN9O2. The maximum Gasteiger partial charge on any atom is 0.330 e. The molecule has 1 aliphatic rings. The fourth-order valence-electron chi connectivity index (χ4n) is 4.54. The maximum atomic E-state index is 14.2. The van der Waals surface area contributed by atoms with Gasteiger partial charge in [-0.3, -0.25) is 9.48 Å².